The summed E-state index contributed by atoms with van der Waals surface area (Å²) >= 11 is 0. The van der Waals surface area contributed by atoms with E-state index in [1.54, 1.807) is 11.6 Å². The number of H-pyrrole nitrogens is 1. The van der Waals surface area contributed by atoms with Gasteiger partial charge in [-0.1, -0.05) is 0 Å². The van der Waals surface area contributed by atoms with Crippen LogP contribution < -0.4 is 11.0 Å². The van der Waals surface area contributed by atoms with E-state index in [1.165, 1.54) is 25.7 Å². The summed E-state index contributed by atoms with van der Waals surface area (Å²) in [6, 6.07) is 0.538. The number of aliphatic hydroxyl groups is 1. The zero-order valence-electron chi connectivity index (χ0n) is 15.0. The number of aromatic nitrogens is 3. The summed E-state index contributed by atoms with van der Waals surface area (Å²) in [4.78, 5) is 11.6. The van der Waals surface area contributed by atoms with E-state index in [0.717, 1.165) is 38.2 Å². The number of aliphatic hydroxyl groups excluding tert-OH is 1. The fourth-order valence-electron chi connectivity index (χ4n) is 5.07. The van der Waals surface area contributed by atoms with Gasteiger partial charge in [0.1, 0.15) is 5.82 Å². The molecule has 2 saturated carbocycles. The van der Waals surface area contributed by atoms with E-state index in [1.807, 2.05) is 0 Å². The van der Waals surface area contributed by atoms with Gasteiger partial charge in [-0.3, -0.25) is 4.57 Å². The Kier molecular flexibility index (Phi) is 4.73. The molecule has 140 valence electrons. The normalized spacial score (nSPS) is 38.6. The molecule has 1 aromatic heterocycles. The van der Waals surface area contributed by atoms with Crippen LogP contribution in [0.3, 0.4) is 0 Å². The van der Waals surface area contributed by atoms with Crippen molar-refractivity contribution in [2.45, 2.75) is 75.0 Å². The predicted octanol–water partition coefficient (Wildman–Crippen LogP) is 1.04. The molecule has 1 aliphatic heterocycles. The summed E-state index contributed by atoms with van der Waals surface area (Å²) in [5.74, 6) is 1.16. The quantitative estimate of drug-likeness (QED) is 0.755. The first-order valence-corrected chi connectivity index (χ1v) is 9.73. The minimum atomic E-state index is -0.322. The van der Waals surface area contributed by atoms with Crippen molar-refractivity contribution >= 4 is 0 Å². The van der Waals surface area contributed by atoms with Gasteiger partial charge in [0.15, 0.2) is 0 Å². The predicted molar refractivity (Wildman–Crippen MR) is 93.5 cm³/mol. The Hall–Kier alpha value is -1.18. The average molecular weight is 350 g/mol. The molecule has 0 bridgehead atoms. The topological polar surface area (TPSA) is 92.2 Å². The number of nitrogens with zero attached hydrogens (tertiary/aromatic N) is 2. The molecule has 4 rings (SSSR count). The van der Waals surface area contributed by atoms with Crippen LogP contribution in [0.2, 0.25) is 0 Å². The largest absolute Gasteiger partial charge is 0.393 e. The Balaban J connectivity index is 1.27. The van der Waals surface area contributed by atoms with Gasteiger partial charge in [-0.25, -0.2) is 9.89 Å². The molecule has 3 fully saturated rings. The van der Waals surface area contributed by atoms with Crippen molar-refractivity contribution in [1.29, 1.82) is 0 Å². The average Bonchev–Trinajstić information content (AvgIpc) is 3.29. The molecule has 3 atom stereocenters. The van der Waals surface area contributed by atoms with Crippen LogP contribution in [0.5, 0.6) is 0 Å². The van der Waals surface area contributed by atoms with Gasteiger partial charge in [0, 0.05) is 32.2 Å². The highest BCUT2D eigenvalue weighted by Gasteiger charge is 2.40. The summed E-state index contributed by atoms with van der Waals surface area (Å²) in [5, 5.41) is 20.7. The molecule has 25 heavy (non-hydrogen) atoms. The summed E-state index contributed by atoms with van der Waals surface area (Å²) in [6.45, 7) is 1.78. The Morgan fingerprint density at radius 3 is 2.80 bits per heavy atom. The molecule has 1 aromatic rings. The van der Waals surface area contributed by atoms with Crippen molar-refractivity contribution in [2.24, 2.45) is 13.0 Å². The van der Waals surface area contributed by atoms with E-state index in [9.17, 15) is 9.90 Å². The number of hydrogen-bond donors (Lipinski definition) is 3. The fraction of sp³-hybridized carbons (Fsp3) is 0.889. The molecule has 2 aliphatic carbocycles. The maximum absolute atomic E-state index is 11.6. The van der Waals surface area contributed by atoms with E-state index in [2.05, 4.69) is 15.5 Å². The van der Waals surface area contributed by atoms with E-state index in [4.69, 9.17) is 4.74 Å². The Bertz CT molecular complexity index is 639. The first kappa shape index (κ1) is 17.2. The van der Waals surface area contributed by atoms with E-state index in [-0.39, 0.29) is 29.2 Å². The fourth-order valence-corrected chi connectivity index (χ4v) is 5.07. The van der Waals surface area contributed by atoms with Gasteiger partial charge < -0.3 is 15.2 Å². The second-order valence-electron chi connectivity index (χ2n) is 8.26. The highest BCUT2D eigenvalue weighted by molar-refractivity contribution is 5.03. The molecular formula is C18H30N4O3. The third-order valence-corrected chi connectivity index (χ3v) is 6.69. The highest BCUT2D eigenvalue weighted by atomic mass is 16.5. The summed E-state index contributed by atoms with van der Waals surface area (Å²) in [5.41, 5.74) is -0.00252. The molecule has 1 spiro atoms. The van der Waals surface area contributed by atoms with Gasteiger partial charge >= 0.3 is 5.69 Å². The minimum Gasteiger partial charge on any atom is -0.393 e. The Labute approximate surface area is 148 Å². The third-order valence-electron chi connectivity index (χ3n) is 6.69. The molecule has 0 unspecified atom stereocenters. The van der Waals surface area contributed by atoms with Crippen molar-refractivity contribution in [1.82, 2.24) is 20.1 Å². The lowest BCUT2D eigenvalue weighted by molar-refractivity contribution is -0.0305. The SMILES string of the molecule is Cn1c([C@H]2C[C@H](CNC3CCC4(CCCO4)CC3)[C@H](O)C2)n[nH]c1=O. The van der Waals surface area contributed by atoms with Crippen molar-refractivity contribution in [3.8, 4) is 0 Å². The first-order valence-electron chi connectivity index (χ1n) is 9.73. The molecule has 1 saturated heterocycles. The summed E-state index contributed by atoms with van der Waals surface area (Å²) in [6.07, 6.45) is 8.34. The molecule has 7 nitrogen and oxygen atoms in total. The number of hydrogen-bond acceptors (Lipinski definition) is 5. The van der Waals surface area contributed by atoms with Crippen molar-refractivity contribution < 1.29 is 9.84 Å². The van der Waals surface area contributed by atoms with Gasteiger partial charge in [-0.2, -0.15) is 5.10 Å². The lowest BCUT2D eigenvalue weighted by Crippen LogP contribution is -2.43. The smallest absolute Gasteiger partial charge is 0.343 e. The summed E-state index contributed by atoms with van der Waals surface area (Å²) < 4.78 is 7.56. The van der Waals surface area contributed by atoms with Crippen LogP contribution in [0.25, 0.3) is 0 Å². The summed E-state index contributed by atoms with van der Waals surface area (Å²) in [7, 11) is 1.74. The van der Waals surface area contributed by atoms with Gasteiger partial charge in [-0.05, 0) is 57.3 Å². The second kappa shape index (κ2) is 6.85. The number of ether oxygens (including phenoxy) is 1. The van der Waals surface area contributed by atoms with Gasteiger partial charge in [0.2, 0.25) is 0 Å². The zero-order valence-corrected chi connectivity index (χ0v) is 15.0. The lowest BCUT2D eigenvalue weighted by Gasteiger charge is -2.37. The number of aromatic amines is 1. The molecule has 0 aromatic carbocycles. The number of nitrogens with one attached hydrogen (secondary N) is 2. The van der Waals surface area contributed by atoms with Gasteiger partial charge in [0.05, 0.1) is 11.7 Å². The van der Waals surface area contributed by atoms with Crippen LogP contribution in [0, 0.1) is 5.92 Å². The van der Waals surface area contributed by atoms with Gasteiger partial charge in [-0.15, -0.1) is 0 Å². The zero-order chi connectivity index (χ0) is 17.4. The standard InChI is InChI=1S/C18H30N4O3/c1-22-16(20-21-17(22)24)12-9-13(15(23)10-12)11-19-14-3-6-18(7-4-14)5-2-8-25-18/h12-15,19,23H,2-11H2,1H3,(H,21,24)/t12-,13+,14?,15+,18?/m0/s1. The van der Waals surface area contributed by atoms with Crippen molar-refractivity contribution in [3.63, 3.8) is 0 Å². The number of rotatable bonds is 4. The second-order valence-corrected chi connectivity index (χ2v) is 8.26. The molecular weight excluding hydrogens is 320 g/mol. The van der Waals surface area contributed by atoms with Crippen molar-refractivity contribution in [2.75, 3.05) is 13.2 Å². The molecule has 2 heterocycles. The van der Waals surface area contributed by atoms with Crippen LogP contribution in [0.15, 0.2) is 4.79 Å². The van der Waals surface area contributed by atoms with Crippen LogP contribution in [-0.4, -0.2) is 50.8 Å². The van der Waals surface area contributed by atoms with Crippen LogP contribution >= 0.6 is 0 Å². The molecule has 3 aliphatic rings. The first-order chi connectivity index (χ1) is 12.1. The molecule has 3 N–H and O–H groups in total. The van der Waals surface area contributed by atoms with Crippen LogP contribution in [0.1, 0.15) is 63.1 Å². The maximum atomic E-state index is 11.6. The van der Waals surface area contributed by atoms with Crippen LogP contribution in [0.4, 0.5) is 0 Å². The monoisotopic (exact) mass is 350 g/mol. The van der Waals surface area contributed by atoms with Crippen molar-refractivity contribution in [3.05, 3.63) is 16.3 Å². The van der Waals surface area contributed by atoms with E-state index >= 15 is 0 Å². The molecule has 0 radical (unpaired) electrons. The van der Waals surface area contributed by atoms with E-state index < -0.39 is 0 Å². The Morgan fingerprint density at radius 2 is 2.16 bits per heavy atom. The minimum absolute atomic E-state index is 0.160. The van der Waals surface area contributed by atoms with E-state index in [0.29, 0.717) is 12.5 Å². The molecule has 0 amide bonds. The van der Waals surface area contributed by atoms with Crippen LogP contribution in [-0.2, 0) is 11.8 Å². The van der Waals surface area contributed by atoms with Gasteiger partial charge in [0.25, 0.3) is 0 Å². The maximum Gasteiger partial charge on any atom is 0.343 e. The highest BCUT2D eigenvalue weighted by Crippen LogP contribution is 2.40. The third kappa shape index (κ3) is 3.41. The molecule has 7 heteroatoms. The Morgan fingerprint density at radius 1 is 1.36 bits per heavy atom. The lowest BCUT2D eigenvalue weighted by atomic mass is 9.80.